The number of hydrogen-bond acceptors (Lipinski definition) is 3. The quantitative estimate of drug-likeness (QED) is 0.840. The largest absolute Gasteiger partial charge is 0.343 e. The van der Waals surface area contributed by atoms with Crippen LogP contribution in [0.1, 0.15) is 35.6 Å². The van der Waals surface area contributed by atoms with E-state index >= 15 is 0 Å². The van der Waals surface area contributed by atoms with Gasteiger partial charge in [-0.3, -0.25) is 9.59 Å². The summed E-state index contributed by atoms with van der Waals surface area (Å²) < 4.78 is 0. The minimum Gasteiger partial charge on any atom is -0.343 e. The average molecular weight is 380 g/mol. The number of benzene rings is 2. The molecular formula is C23H29N3O2. The van der Waals surface area contributed by atoms with Gasteiger partial charge in [0.2, 0.25) is 11.8 Å². The second kappa shape index (κ2) is 8.57. The zero-order chi connectivity index (χ0) is 20.3. The number of anilines is 1. The number of nitrogens with zero attached hydrogens (tertiary/aromatic N) is 1. The molecule has 0 aromatic heterocycles. The Kier molecular flexibility index (Phi) is 6.15. The molecule has 2 aromatic rings. The van der Waals surface area contributed by atoms with Crippen molar-refractivity contribution >= 4 is 17.5 Å². The first-order chi connectivity index (χ1) is 13.4. The Labute approximate surface area is 167 Å². The standard InChI is InChI=1S/C23H29N3O2/c1-15-9-10-19(16(2)13-15)14-26-21-8-6-5-7-18(21)11-12-20(23(26)28)25-22(27)17(3)24-4/h5-10,13,17,20,24H,11-12,14H2,1-4H3,(H,25,27)/t17-,20?/m0/s1. The van der Waals surface area contributed by atoms with Gasteiger partial charge in [-0.05, 0) is 63.4 Å². The molecule has 148 valence electrons. The molecule has 1 aliphatic heterocycles. The fourth-order valence-electron chi connectivity index (χ4n) is 3.63. The van der Waals surface area contributed by atoms with Gasteiger partial charge < -0.3 is 15.5 Å². The van der Waals surface area contributed by atoms with Crippen LogP contribution in [0.15, 0.2) is 42.5 Å². The first-order valence-electron chi connectivity index (χ1n) is 9.83. The predicted molar refractivity (Wildman–Crippen MR) is 112 cm³/mol. The summed E-state index contributed by atoms with van der Waals surface area (Å²) in [5.41, 5.74) is 5.56. The van der Waals surface area contributed by atoms with E-state index in [0.29, 0.717) is 13.0 Å². The van der Waals surface area contributed by atoms with Crippen LogP contribution in [0.25, 0.3) is 0 Å². The number of likely N-dealkylation sites (N-methyl/N-ethyl adjacent to an activating group) is 1. The van der Waals surface area contributed by atoms with E-state index in [1.54, 1.807) is 14.0 Å². The molecule has 0 saturated heterocycles. The molecule has 1 unspecified atom stereocenters. The molecule has 5 heteroatoms. The smallest absolute Gasteiger partial charge is 0.249 e. The fraction of sp³-hybridized carbons (Fsp3) is 0.391. The van der Waals surface area contributed by atoms with Crippen molar-refractivity contribution in [1.29, 1.82) is 0 Å². The number of para-hydroxylation sites is 1. The van der Waals surface area contributed by atoms with E-state index in [1.807, 2.05) is 23.1 Å². The van der Waals surface area contributed by atoms with E-state index in [-0.39, 0.29) is 17.9 Å². The summed E-state index contributed by atoms with van der Waals surface area (Å²) in [7, 11) is 1.74. The van der Waals surface area contributed by atoms with Crippen molar-refractivity contribution in [3.8, 4) is 0 Å². The number of aryl methyl sites for hydroxylation is 3. The van der Waals surface area contributed by atoms with E-state index in [9.17, 15) is 9.59 Å². The summed E-state index contributed by atoms with van der Waals surface area (Å²) in [6.45, 7) is 6.43. The Hall–Kier alpha value is -2.66. The highest BCUT2D eigenvalue weighted by Crippen LogP contribution is 2.29. The Morgan fingerprint density at radius 2 is 1.96 bits per heavy atom. The molecule has 2 N–H and O–H groups in total. The van der Waals surface area contributed by atoms with Crippen molar-refractivity contribution in [3.63, 3.8) is 0 Å². The molecule has 2 aromatic carbocycles. The molecule has 0 fully saturated rings. The van der Waals surface area contributed by atoms with Crippen molar-refractivity contribution in [2.75, 3.05) is 11.9 Å². The first kappa shape index (κ1) is 20.1. The van der Waals surface area contributed by atoms with Crippen molar-refractivity contribution < 1.29 is 9.59 Å². The predicted octanol–water partition coefficient (Wildman–Crippen LogP) is 2.88. The fourth-order valence-corrected chi connectivity index (χ4v) is 3.63. The molecular weight excluding hydrogens is 350 g/mol. The number of carbonyl (C=O) groups excluding carboxylic acids is 2. The summed E-state index contributed by atoms with van der Waals surface area (Å²) in [5, 5.41) is 5.87. The minimum atomic E-state index is -0.526. The van der Waals surface area contributed by atoms with Crippen LogP contribution >= 0.6 is 0 Å². The lowest BCUT2D eigenvalue weighted by atomic mass is 10.0. The van der Waals surface area contributed by atoms with Crippen molar-refractivity contribution in [2.24, 2.45) is 0 Å². The maximum Gasteiger partial charge on any atom is 0.249 e. The third-order valence-corrected chi connectivity index (χ3v) is 5.52. The van der Waals surface area contributed by atoms with Crippen LogP contribution in [0.5, 0.6) is 0 Å². The Balaban J connectivity index is 1.93. The lowest BCUT2D eigenvalue weighted by molar-refractivity contribution is -0.128. The van der Waals surface area contributed by atoms with E-state index in [4.69, 9.17) is 0 Å². The van der Waals surface area contributed by atoms with E-state index in [1.165, 1.54) is 11.1 Å². The van der Waals surface area contributed by atoms with Crippen LogP contribution in [0, 0.1) is 13.8 Å². The van der Waals surface area contributed by atoms with Crippen molar-refractivity contribution in [3.05, 3.63) is 64.7 Å². The summed E-state index contributed by atoms with van der Waals surface area (Å²) in [4.78, 5) is 27.6. The molecule has 0 saturated carbocycles. The van der Waals surface area contributed by atoms with E-state index in [0.717, 1.165) is 23.2 Å². The van der Waals surface area contributed by atoms with Gasteiger partial charge in [0, 0.05) is 5.69 Å². The van der Waals surface area contributed by atoms with Crippen LogP contribution in [-0.4, -0.2) is 30.9 Å². The number of rotatable bonds is 5. The number of nitrogens with one attached hydrogen (secondary N) is 2. The van der Waals surface area contributed by atoms with Gasteiger partial charge in [0.1, 0.15) is 6.04 Å². The van der Waals surface area contributed by atoms with Gasteiger partial charge in [-0.1, -0.05) is 42.0 Å². The Morgan fingerprint density at radius 3 is 2.68 bits per heavy atom. The van der Waals surface area contributed by atoms with Gasteiger partial charge in [-0.25, -0.2) is 0 Å². The second-order valence-electron chi connectivity index (χ2n) is 7.59. The highest BCUT2D eigenvalue weighted by atomic mass is 16.2. The third-order valence-electron chi connectivity index (χ3n) is 5.52. The Bertz CT molecular complexity index is 878. The molecule has 0 aliphatic carbocycles. The van der Waals surface area contributed by atoms with E-state index < -0.39 is 6.04 Å². The summed E-state index contributed by atoms with van der Waals surface area (Å²) in [5.74, 6) is -0.208. The van der Waals surface area contributed by atoms with Crippen LogP contribution in [0.4, 0.5) is 5.69 Å². The summed E-state index contributed by atoms with van der Waals surface area (Å²) in [6, 6.07) is 13.5. The monoisotopic (exact) mass is 379 g/mol. The Morgan fingerprint density at radius 1 is 1.21 bits per heavy atom. The summed E-state index contributed by atoms with van der Waals surface area (Å²) in [6.07, 6.45) is 1.35. The molecule has 1 aliphatic rings. The van der Waals surface area contributed by atoms with Crippen molar-refractivity contribution in [2.45, 2.75) is 52.2 Å². The molecule has 0 spiro atoms. The van der Waals surface area contributed by atoms with Crippen molar-refractivity contribution in [1.82, 2.24) is 10.6 Å². The van der Waals surface area contributed by atoms with E-state index in [2.05, 4.69) is 48.7 Å². The third kappa shape index (κ3) is 4.25. The molecule has 5 nitrogen and oxygen atoms in total. The highest BCUT2D eigenvalue weighted by molar-refractivity contribution is 6.00. The molecule has 0 radical (unpaired) electrons. The van der Waals surface area contributed by atoms with Crippen LogP contribution < -0.4 is 15.5 Å². The van der Waals surface area contributed by atoms with Gasteiger partial charge in [0.15, 0.2) is 0 Å². The molecule has 1 heterocycles. The molecule has 2 amide bonds. The molecule has 3 rings (SSSR count). The van der Waals surface area contributed by atoms with Crippen LogP contribution in [0.3, 0.4) is 0 Å². The van der Waals surface area contributed by atoms with Gasteiger partial charge >= 0.3 is 0 Å². The topological polar surface area (TPSA) is 61.4 Å². The van der Waals surface area contributed by atoms with Gasteiger partial charge in [0.25, 0.3) is 0 Å². The van der Waals surface area contributed by atoms with Gasteiger partial charge in [-0.2, -0.15) is 0 Å². The SMILES string of the molecule is CN[C@@H](C)C(=O)NC1CCc2ccccc2N(Cc2ccc(C)cc2C)C1=O. The first-order valence-corrected chi connectivity index (χ1v) is 9.83. The van der Waals surface area contributed by atoms with Crippen LogP contribution in [0.2, 0.25) is 0 Å². The molecule has 0 bridgehead atoms. The summed E-state index contributed by atoms with van der Waals surface area (Å²) >= 11 is 0. The lowest BCUT2D eigenvalue weighted by Gasteiger charge is -2.27. The minimum absolute atomic E-state index is 0.0541. The highest BCUT2D eigenvalue weighted by Gasteiger charge is 2.32. The maximum absolute atomic E-state index is 13.4. The number of hydrogen-bond donors (Lipinski definition) is 2. The zero-order valence-corrected chi connectivity index (χ0v) is 17.1. The van der Waals surface area contributed by atoms with Gasteiger partial charge in [-0.15, -0.1) is 0 Å². The zero-order valence-electron chi connectivity index (χ0n) is 17.1. The normalized spacial score (nSPS) is 17.6. The molecule has 28 heavy (non-hydrogen) atoms. The lowest BCUT2D eigenvalue weighted by Crippen LogP contribution is -2.52. The second-order valence-corrected chi connectivity index (χ2v) is 7.59. The number of fused-ring (bicyclic) bond motifs is 1. The average Bonchev–Trinajstić information content (AvgIpc) is 2.81. The van der Waals surface area contributed by atoms with Crippen LogP contribution in [-0.2, 0) is 22.6 Å². The number of carbonyl (C=O) groups is 2. The van der Waals surface area contributed by atoms with Gasteiger partial charge in [0.05, 0.1) is 12.6 Å². The number of amides is 2. The molecule has 2 atom stereocenters. The maximum atomic E-state index is 13.4.